The van der Waals surface area contributed by atoms with Gasteiger partial charge in [-0.2, -0.15) is 5.10 Å². The molecule has 23 heavy (non-hydrogen) atoms. The highest BCUT2D eigenvalue weighted by atomic mass is 16.7. The van der Waals surface area contributed by atoms with Crippen molar-refractivity contribution >= 4 is 5.91 Å². The third-order valence-corrected chi connectivity index (χ3v) is 5.01. The average Bonchev–Trinajstić information content (AvgIpc) is 2.91. The van der Waals surface area contributed by atoms with Crippen LogP contribution in [-0.2, 0) is 16.5 Å². The molecule has 6 heteroatoms. The van der Waals surface area contributed by atoms with Crippen molar-refractivity contribution in [2.45, 2.75) is 64.3 Å². The molecule has 1 aliphatic heterocycles. The zero-order valence-electron chi connectivity index (χ0n) is 14.4. The van der Waals surface area contributed by atoms with E-state index in [2.05, 4.69) is 10.4 Å². The molecule has 2 aliphatic rings. The standard InChI is InChI=1S/C17H27N3O3/c1-12-15(13(2)20(3)19-12)16(21)18-10-14-11-22-17(23-14)8-6-4-5-7-9-17/h14H,4-11H2,1-3H3,(H,18,21)/t14-/m1/s1. The van der Waals surface area contributed by atoms with Crippen LogP contribution in [0.2, 0.25) is 0 Å². The fourth-order valence-corrected chi connectivity index (χ4v) is 3.64. The van der Waals surface area contributed by atoms with Crippen LogP contribution in [0.25, 0.3) is 0 Å². The number of rotatable bonds is 3. The second-order valence-electron chi connectivity index (χ2n) is 6.76. The number of aromatic nitrogens is 2. The van der Waals surface area contributed by atoms with Gasteiger partial charge in [0.2, 0.25) is 0 Å². The Morgan fingerprint density at radius 3 is 2.61 bits per heavy atom. The molecular weight excluding hydrogens is 294 g/mol. The zero-order valence-corrected chi connectivity index (χ0v) is 14.4. The largest absolute Gasteiger partial charge is 0.349 e. The van der Waals surface area contributed by atoms with Crippen LogP contribution in [0.15, 0.2) is 0 Å². The summed E-state index contributed by atoms with van der Waals surface area (Å²) in [6.07, 6.45) is 6.72. The highest BCUT2D eigenvalue weighted by molar-refractivity contribution is 5.96. The van der Waals surface area contributed by atoms with Gasteiger partial charge < -0.3 is 14.8 Å². The van der Waals surface area contributed by atoms with E-state index in [-0.39, 0.29) is 12.0 Å². The van der Waals surface area contributed by atoms with E-state index in [4.69, 9.17) is 9.47 Å². The van der Waals surface area contributed by atoms with Gasteiger partial charge in [-0.25, -0.2) is 0 Å². The summed E-state index contributed by atoms with van der Waals surface area (Å²) in [5.74, 6) is -0.482. The number of nitrogens with one attached hydrogen (secondary N) is 1. The molecule has 6 nitrogen and oxygen atoms in total. The Morgan fingerprint density at radius 1 is 1.30 bits per heavy atom. The van der Waals surface area contributed by atoms with E-state index in [1.54, 1.807) is 4.68 Å². The molecule has 2 fully saturated rings. The number of carbonyl (C=O) groups excluding carboxylic acids is 1. The molecule has 1 amide bonds. The van der Waals surface area contributed by atoms with Crippen molar-refractivity contribution in [2.75, 3.05) is 13.2 Å². The predicted molar refractivity (Wildman–Crippen MR) is 86.3 cm³/mol. The molecule has 3 rings (SSSR count). The fourth-order valence-electron chi connectivity index (χ4n) is 3.64. The quantitative estimate of drug-likeness (QED) is 0.927. The summed E-state index contributed by atoms with van der Waals surface area (Å²) in [5.41, 5.74) is 2.30. The number of hydrogen-bond acceptors (Lipinski definition) is 4. The summed E-state index contributed by atoms with van der Waals surface area (Å²) >= 11 is 0. The number of hydrogen-bond donors (Lipinski definition) is 1. The first kappa shape index (κ1) is 16.5. The minimum absolute atomic E-state index is 0.0608. The molecule has 1 atom stereocenters. The molecule has 0 unspecified atom stereocenters. The molecule has 128 valence electrons. The Kier molecular flexibility index (Phi) is 4.73. The molecule has 1 aromatic heterocycles. The summed E-state index contributed by atoms with van der Waals surface area (Å²) in [4.78, 5) is 12.4. The monoisotopic (exact) mass is 321 g/mol. The first-order valence-corrected chi connectivity index (χ1v) is 8.61. The van der Waals surface area contributed by atoms with E-state index < -0.39 is 5.79 Å². The minimum Gasteiger partial charge on any atom is -0.349 e. The van der Waals surface area contributed by atoms with Crippen molar-refractivity contribution in [2.24, 2.45) is 7.05 Å². The van der Waals surface area contributed by atoms with Crippen LogP contribution < -0.4 is 5.32 Å². The Balaban J connectivity index is 1.56. The molecule has 1 saturated carbocycles. The van der Waals surface area contributed by atoms with Crippen LogP contribution >= 0.6 is 0 Å². The molecule has 0 bridgehead atoms. The van der Waals surface area contributed by atoms with Crippen molar-refractivity contribution in [3.05, 3.63) is 17.0 Å². The SMILES string of the molecule is Cc1nn(C)c(C)c1C(=O)NC[C@@H]1COC2(CCCCCC2)O1. The van der Waals surface area contributed by atoms with E-state index in [9.17, 15) is 4.79 Å². The Hall–Kier alpha value is -1.40. The zero-order chi connectivity index (χ0) is 16.4. The topological polar surface area (TPSA) is 65.4 Å². The van der Waals surface area contributed by atoms with Gasteiger partial charge in [-0.1, -0.05) is 12.8 Å². The van der Waals surface area contributed by atoms with Crippen LogP contribution in [-0.4, -0.2) is 40.7 Å². The average molecular weight is 321 g/mol. The fraction of sp³-hybridized carbons (Fsp3) is 0.765. The van der Waals surface area contributed by atoms with Gasteiger partial charge in [-0.3, -0.25) is 9.48 Å². The number of ether oxygens (including phenoxy) is 2. The van der Waals surface area contributed by atoms with Crippen molar-refractivity contribution in [1.29, 1.82) is 0 Å². The third-order valence-electron chi connectivity index (χ3n) is 5.01. The second-order valence-corrected chi connectivity index (χ2v) is 6.76. The summed E-state index contributed by atoms with van der Waals surface area (Å²) in [5, 5.41) is 7.27. The molecule has 1 aliphatic carbocycles. The highest BCUT2D eigenvalue weighted by Gasteiger charge is 2.41. The van der Waals surface area contributed by atoms with Gasteiger partial charge in [0.1, 0.15) is 6.10 Å². The van der Waals surface area contributed by atoms with Crippen molar-refractivity contribution in [3.63, 3.8) is 0 Å². The molecular formula is C17H27N3O3. The minimum atomic E-state index is -0.397. The summed E-state index contributed by atoms with van der Waals surface area (Å²) in [6.45, 7) is 4.81. The van der Waals surface area contributed by atoms with E-state index in [1.165, 1.54) is 12.8 Å². The lowest BCUT2D eigenvalue weighted by Gasteiger charge is -2.26. The highest BCUT2D eigenvalue weighted by Crippen LogP contribution is 2.36. The maximum Gasteiger partial charge on any atom is 0.255 e. The first-order chi connectivity index (χ1) is 11.0. The van der Waals surface area contributed by atoms with Crippen molar-refractivity contribution in [3.8, 4) is 0 Å². The van der Waals surface area contributed by atoms with Gasteiger partial charge in [-0.05, 0) is 26.7 Å². The van der Waals surface area contributed by atoms with E-state index >= 15 is 0 Å². The molecule has 1 aromatic rings. The molecule has 2 heterocycles. The number of aryl methyl sites for hydroxylation is 2. The smallest absolute Gasteiger partial charge is 0.255 e. The Morgan fingerprint density at radius 2 is 2.00 bits per heavy atom. The lowest BCUT2D eigenvalue weighted by Crippen LogP contribution is -2.36. The van der Waals surface area contributed by atoms with Gasteiger partial charge in [0.05, 0.1) is 17.9 Å². The van der Waals surface area contributed by atoms with Crippen LogP contribution in [0.1, 0.15) is 60.3 Å². The molecule has 0 radical (unpaired) electrons. The van der Waals surface area contributed by atoms with Gasteiger partial charge in [-0.15, -0.1) is 0 Å². The Labute approximate surface area is 137 Å². The van der Waals surface area contributed by atoms with Gasteiger partial charge >= 0.3 is 0 Å². The van der Waals surface area contributed by atoms with Crippen molar-refractivity contribution < 1.29 is 14.3 Å². The molecule has 1 spiro atoms. The van der Waals surface area contributed by atoms with E-state index in [0.29, 0.717) is 18.7 Å². The van der Waals surface area contributed by atoms with Crippen LogP contribution in [0.5, 0.6) is 0 Å². The first-order valence-electron chi connectivity index (χ1n) is 8.61. The Bertz CT molecular complexity index is 574. The van der Waals surface area contributed by atoms with Gasteiger partial charge in [0.25, 0.3) is 5.91 Å². The maximum absolute atomic E-state index is 12.4. The number of nitrogens with zero attached hydrogens (tertiary/aromatic N) is 2. The molecule has 1 saturated heterocycles. The number of amides is 1. The predicted octanol–water partition coefficient (Wildman–Crippen LogP) is 2.23. The maximum atomic E-state index is 12.4. The molecule has 1 N–H and O–H groups in total. The summed E-state index contributed by atoms with van der Waals surface area (Å²) in [6, 6.07) is 0. The summed E-state index contributed by atoms with van der Waals surface area (Å²) in [7, 11) is 1.85. The van der Waals surface area contributed by atoms with Crippen molar-refractivity contribution in [1.82, 2.24) is 15.1 Å². The summed E-state index contributed by atoms with van der Waals surface area (Å²) < 4.78 is 13.9. The van der Waals surface area contributed by atoms with Gasteiger partial charge in [0.15, 0.2) is 5.79 Å². The van der Waals surface area contributed by atoms with Crippen LogP contribution in [0.3, 0.4) is 0 Å². The van der Waals surface area contributed by atoms with Crippen LogP contribution in [0, 0.1) is 13.8 Å². The van der Waals surface area contributed by atoms with Crippen LogP contribution in [0.4, 0.5) is 0 Å². The number of carbonyl (C=O) groups is 1. The van der Waals surface area contributed by atoms with E-state index in [1.807, 2.05) is 20.9 Å². The second kappa shape index (κ2) is 6.61. The van der Waals surface area contributed by atoms with E-state index in [0.717, 1.165) is 37.1 Å². The third kappa shape index (κ3) is 3.43. The molecule has 0 aromatic carbocycles. The lowest BCUT2D eigenvalue weighted by atomic mass is 10.1. The lowest BCUT2D eigenvalue weighted by molar-refractivity contribution is -0.175. The normalized spacial score (nSPS) is 23.9. The van der Waals surface area contributed by atoms with Gasteiger partial charge in [0, 0.05) is 32.1 Å².